The lowest BCUT2D eigenvalue weighted by Crippen LogP contribution is -2.34. The number of halogens is 1. The van der Waals surface area contributed by atoms with Crippen LogP contribution in [0, 0.1) is 0 Å². The Hall–Kier alpha value is -3.17. The number of hydrogen-bond donors (Lipinski definition) is 2. The van der Waals surface area contributed by atoms with Crippen molar-refractivity contribution >= 4 is 28.5 Å². The number of rotatable bonds is 5. The Morgan fingerprint density at radius 3 is 2.32 bits per heavy atom. The van der Waals surface area contributed by atoms with Crippen molar-refractivity contribution in [3.8, 4) is 28.4 Å². The SMILES string of the molecule is O[C@@H]1CO[C@H]2[C@@H]1OC[C@H]2Oc1nc2nc(-c3ccc(-c4ccc(N5CCCCC5)cc4)cc3)c(Cl)cc2[nH]1. The number of ether oxygens (including phenoxy) is 3. The molecule has 0 amide bonds. The number of fused-ring (bicyclic) bond motifs is 2. The number of aliphatic hydroxyl groups excluding tert-OH is 1. The van der Waals surface area contributed by atoms with Crippen molar-refractivity contribution in [2.24, 2.45) is 0 Å². The summed E-state index contributed by atoms with van der Waals surface area (Å²) in [7, 11) is 0. The molecular weight excluding hydrogens is 504 g/mol. The first-order chi connectivity index (χ1) is 18.6. The van der Waals surface area contributed by atoms with Gasteiger partial charge in [0.05, 0.1) is 29.4 Å². The lowest BCUT2D eigenvalue weighted by molar-refractivity contribution is 0.00706. The second-order valence-corrected chi connectivity index (χ2v) is 10.6. The molecule has 0 aliphatic carbocycles. The third-order valence-electron chi connectivity index (χ3n) is 7.73. The van der Waals surface area contributed by atoms with E-state index in [1.165, 1.54) is 30.5 Å². The number of piperidine rings is 1. The van der Waals surface area contributed by atoms with Crippen LogP contribution in [0.25, 0.3) is 33.5 Å². The van der Waals surface area contributed by atoms with Gasteiger partial charge in [0.15, 0.2) is 11.8 Å². The van der Waals surface area contributed by atoms with Crippen LogP contribution in [0.4, 0.5) is 5.69 Å². The quantitative estimate of drug-likeness (QED) is 0.380. The maximum absolute atomic E-state index is 9.95. The highest BCUT2D eigenvalue weighted by atomic mass is 35.5. The molecule has 0 spiro atoms. The molecule has 2 N–H and O–H groups in total. The number of imidazole rings is 1. The standard InChI is InChI=1S/C29H29ClN4O4/c30-21-14-22-28(33-29(31-22)38-24-16-37-26-23(35)15-36-27(24)26)32-25(21)19-6-4-17(5-7-19)18-8-10-20(11-9-18)34-12-2-1-3-13-34/h4-11,14,23-24,26-27,35H,1-3,12-13,15-16H2,(H,31,32,33)/t23-,24-,26-,27-/m1/s1. The zero-order chi connectivity index (χ0) is 25.6. The van der Waals surface area contributed by atoms with E-state index in [0.29, 0.717) is 34.5 Å². The first kappa shape index (κ1) is 23.9. The number of nitrogens with one attached hydrogen (secondary N) is 1. The van der Waals surface area contributed by atoms with E-state index in [1.54, 1.807) is 0 Å². The Balaban J connectivity index is 1.09. The number of pyridine rings is 1. The molecule has 0 radical (unpaired) electrons. The summed E-state index contributed by atoms with van der Waals surface area (Å²) in [5.74, 6) is 0. The largest absolute Gasteiger partial charge is 0.456 e. The average Bonchev–Trinajstić information content (AvgIpc) is 3.65. The lowest BCUT2D eigenvalue weighted by atomic mass is 10.0. The fraction of sp³-hybridized carbons (Fsp3) is 0.379. The Labute approximate surface area is 225 Å². The van der Waals surface area contributed by atoms with Gasteiger partial charge in [0.1, 0.15) is 18.3 Å². The highest BCUT2D eigenvalue weighted by Gasteiger charge is 2.48. The predicted molar refractivity (Wildman–Crippen MR) is 146 cm³/mol. The number of H-pyrrole nitrogens is 1. The monoisotopic (exact) mass is 532 g/mol. The molecule has 3 aliphatic heterocycles. The number of benzene rings is 2. The molecule has 4 atom stereocenters. The number of aliphatic hydroxyl groups is 1. The third-order valence-corrected chi connectivity index (χ3v) is 8.02. The number of nitrogens with zero attached hydrogens (tertiary/aromatic N) is 3. The molecule has 3 aliphatic rings. The molecule has 5 heterocycles. The normalized spacial score (nSPS) is 25.2. The summed E-state index contributed by atoms with van der Waals surface area (Å²) in [4.78, 5) is 14.8. The first-order valence-corrected chi connectivity index (χ1v) is 13.6. The van der Waals surface area contributed by atoms with Crippen LogP contribution >= 0.6 is 11.6 Å². The summed E-state index contributed by atoms with van der Waals surface area (Å²) in [6, 6.07) is 19.2. The van der Waals surface area contributed by atoms with Crippen molar-refractivity contribution in [3.63, 3.8) is 0 Å². The lowest BCUT2D eigenvalue weighted by Gasteiger charge is -2.28. The molecule has 3 fully saturated rings. The van der Waals surface area contributed by atoms with Gasteiger partial charge in [0.2, 0.25) is 0 Å². The van der Waals surface area contributed by atoms with Crippen LogP contribution < -0.4 is 9.64 Å². The highest BCUT2D eigenvalue weighted by Crippen LogP contribution is 2.33. The van der Waals surface area contributed by atoms with E-state index in [0.717, 1.165) is 24.2 Å². The minimum atomic E-state index is -0.627. The molecule has 9 heteroatoms. The molecule has 196 valence electrons. The smallest absolute Gasteiger partial charge is 0.296 e. The number of aromatic amines is 1. The summed E-state index contributed by atoms with van der Waals surface area (Å²) in [6.45, 7) is 2.86. The van der Waals surface area contributed by atoms with Crippen molar-refractivity contribution in [1.29, 1.82) is 0 Å². The van der Waals surface area contributed by atoms with E-state index in [9.17, 15) is 5.11 Å². The molecule has 0 unspecified atom stereocenters. The number of anilines is 1. The summed E-state index contributed by atoms with van der Waals surface area (Å²) in [5, 5.41) is 10.5. The van der Waals surface area contributed by atoms with Crippen LogP contribution in [0.2, 0.25) is 5.02 Å². The first-order valence-electron chi connectivity index (χ1n) is 13.2. The van der Waals surface area contributed by atoms with Crippen LogP contribution in [0.5, 0.6) is 6.01 Å². The van der Waals surface area contributed by atoms with Gasteiger partial charge in [-0.15, -0.1) is 0 Å². The Kier molecular flexibility index (Phi) is 6.20. The number of hydrogen-bond acceptors (Lipinski definition) is 7. The van der Waals surface area contributed by atoms with E-state index in [1.807, 2.05) is 18.2 Å². The van der Waals surface area contributed by atoms with Gasteiger partial charge in [-0.05, 0) is 48.6 Å². The van der Waals surface area contributed by atoms with Gasteiger partial charge in [-0.1, -0.05) is 48.0 Å². The van der Waals surface area contributed by atoms with Gasteiger partial charge in [-0.3, -0.25) is 0 Å². The molecule has 38 heavy (non-hydrogen) atoms. The Morgan fingerprint density at radius 1 is 0.868 bits per heavy atom. The molecule has 2 aromatic carbocycles. The molecular formula is C29H29ClN4O4. The maximum atomic E-state index is 9.95. The van der Waals surface area contributed by atoms with Crippen LogP contribution in [0.3, 0.4) is 0 Å². The highest BCUT2D eigenvalue weighted by molar-refractivity contribution is 6.33. The second kappa shape index (κ2) is 9.85. The van der Waals surface area contributed by atoms with E-state index in [-0.39, 0.29) is 24.9 Å². The molecule has 2 aromatic heterocycles. The average molecular weight is 533 g/mol. The topological polar surface area (TPSA) is 92.7 Å². The fourth-order valence-corrected chi connectivity index (χ4v) is 5.94. The second-order valence-electron chi connectivity index (χ2n) is 10.2. The van der Waals surface area contributed by atoms with Crippen molar-refractivity contribution in [3.05, 3.63) is 59.6 Å². The molecule has 8 nitrogen and oxygen atoms in total. The van der Waals surface area contributed by atoms with E-state index < -0.39 is 6.10 Å². The Morgan fingerprint density at radius 2 is 1.55 bits per heavy atom. The Bertz CT molecular complexity index is 1440. The summed E-state index contributed by atoms with van der Waals surface area (Å²) in [5.41, 5.74) is 6.39. The predicted octanol–water partition coefficient (Wildman–Crippen LogP) is 4.84. The van der Waals surface area contributed by atoms with Gasteiger partial charge in [-0.2, -0.15) is 4.98 Å². The van der Waals surface area contributed by atoms with Crippen molar-refractivity contribution in [2.45, 2.75) is 43.7 Å². The summed E-state index contributed by atoms with van der Waals surface area (Å²) in [6.07, 6.45) is 2.22. The van der Waals surface area contributed by atoms with Gasteiger partial charge < -0.3 is 29.2 Å². The van der Waals surface area contributed by atoms with E-state index in [2.05, 4.69) is 51.3 Å². The maximum Gasteiger partial charge on any atom is 0.296 e. The third kappa shape index (κ3) is 4.41. The molecule has 4 aromatic rings. The van der Waals surface area contributed by atoms with Crippen molar-refractivity contribution in [1.82, 2.24) is 15.0 Å². The van der Waals surface area contributed by atoms with Crippen molar-refractivity contribution < 1.29 is 19.3 Å². The molecule has 0 saturated carbocycles. The van der Waals surface area contributed by atoms with Crippen LogP contribution in [0.1, 0.15) is 19.3 Å². The van der Waals surface area contributed by atoms with Crippen LogP contribution in [-0.4, -0.2) is 70.8 Å². The van der Waals surface area contributed by atoms with Gasteiger partial charge in [-0.25, -0.2) is 4.98 Å². The van der Waals surface area contributed by atoms with Gasteiger partial charge in [0.25, 0.3) is 6.01 Å². The minimum absolute atomic E-state index is 0.249. The number of aromatic nitrogens is 3. The van der Waals surface area contributed by atoms with Crippen molar-refractivity contribution in [2.75, 3.05) is 31.2 Å². The minimum Gasteiger partial charge on any atom is -0.456 e. The summed E-state index contributed by atoms with van der Waals surface area (Å²) < 4.78 is 17.3. The zero-order valence-corrected chi connectivity index (χ0v) is 21.6. The molecule has 0 bridgehead atoms. The molecule has 7 rings (SSSR count). The molecule has 3 saturated heterocycles. The van der Waals surface area contributed by atoms with Crippen LogP contribution in [-0.2, 0) is 9.47 Å². The zero-order valence-electron chi connectivity index (χ0n) is 20.8. The summed E-state index contributed by atoms with van der Waals surface area (Å²) >= 11 is 6.63. The van der Waals surface area contributed by atoms with Gasteiger partial charge >= 0.3 is 0 Å². The van der Waals surface area contributed by atoms with Crippen LogP contribution in [0.15, 0.2) is 54.6 Å². The van der Waals surface area contributed by atoms with Gasteiger partial charge in [0, 0.05) is 24.3 Å². The van der Waals surface area contributed by atoms with E-state index in [4.69, 9.17) is 30.8 Å². The fourth-order valence-electron chi connectivity index (χ4n) is 5.68. The van der Waals surface area contributed by atoms with E-state index >= 15 is 0 Å².